The summed E-state index contributed by atoms with van der Waals surface area (Å²) < 4.78 is 0. The summed E-state index contributed by atoms with van der Waals surface area (Å²) >= 11 is 0. The lowest BCUT2D eigenvalue weighted by molar-refractivity contribution is 1.49. The molecular weight excluding hydrogens is 1020 g/mol. The Labute approximate surface area is 479 Å². The molecule has 6 aromatic heterocycles. The quantitative estimate of drug-likeness (QED) is 0.0957. The minimum atomic E-state index is 1.07. The van der Waals surface area contributed by atoms with E-state index < -0.39 is 0 Å². The second-order valence-electron chi connectivity index (χ2n) is 22.7. The maximum Gasteiger partial charge on any atom is 0.0551 e. The Morgan fingerprint density at radius 3 is 0.690 bits per heavy atom. The van der Waals surface area contributed by atoms with Crippen LogP contribution >= 0.6 is 0 Å². The molecule has 6 heteroatoms. The van der Waals surface area contributed by atoms with Crippen molar-refractivity contribution in [3.63, 3.8) is 0 Å². The lowest BCUT2D eigenvalue weighted by Crippen LogP contribution is -1.98. The van der Waals surface area contributed by atoms with Crippen LogP contribution in [-0.4, -0.2) is 29.9 Å². The highest BCUT2D eigenvalue weighted by molar-refractivity contribution is 6.28. The van der Waals surface area contributed by atoms with Crippen LogP contribution in [-0.2, 0) is 0 Å². The van der Waals surface area contributed by atoms with Crippen LogP contribution in [0.2, 0.25) is 0 Å². The molecule has 0 saturated carbocycles. The Kier molecular flexibility index (Phi) is 9.24. The van der Waals surface area contributed by atoms with Crippen LogP contribution in [0.1, 0.15) is 0 Å². The molecule has 6 nitrogen and oxygen atoms in total. The van der Waals surface area contributed by atoms with Gasteiger partial charge in [-0.2, -0.15) is 0 Å². The van der Waals surface area contributed by atoms with Gasteiger partial charge >= 0.3 is 0 Å². The molecule has 0 aliphatic heterocycles. The Morgan fingerprint density at radius 1 is 0.143 bits per heavy atom. The van der Waals surface area contributed by atoms with Crippen molar-refractivity contribution < 1.29 is 0 Å². The number of nitrogens with one attached hydrogen (secondary N) is 6. The van der Waals surface area contributed by atoms with Crippen LogP contribution in [0.25, 0.3) is 198 Å². The SMILES string of the molecule is c1ccc(-c2c(-c3cccc4c3[nH]c3ccccc34)c(-c3cccc4c3[nH]c3ccccc34)cc3c2[nH]c2ccccc23)c(-c2c(-c3cccc4c3[nH]c3ccccc34)c(-c3cccc4c3[nH]c3ccccc34)cc3c2[nH]c2ccccc23)c1. The molecule has 84 heavy (non-hydrogen) atoms. The summed E-state index contributed by atoms with van der Waals surface area (Å²) in [6.45, 7) is 0. The molecule has 0 fully saturated rings. The third-order valence-electron chi connectivity index (χ3n) is 18.4. The van der Waals surface area contributed by atoms with E-state index in [0.29, 0.717) is 0 Å². The van der Waals surface area contributed by atoms with Crippen LogP contribution in [0.4, 0.5) is 0 Å². The van der Waals surface area contributed by atoms with Gasteiger partial charge in [-0.1, -0.05) is 206 Å². The van der Waals surface area contributed by atoms with Gasteiger partial charge in [-0.25, -0.2) is 0 Å². The Hall–Kier alpha value is -11.3. The van der Waals surface area contributed by atoms with Crippen molar-refractivity contribution in [3.05, 3.63) is 255 Å². The highest BCUT2D eigenvalue weighted by atomic mass is 14.7. The van der Waals surface area contributed by atoms with Crippen molar-refractivity contribution >= 4 is 131 Å². The summed E-state index contributed by atoms with van der Waals surface area (Å²) in [6.07, 6.45) is 0. The molecule has 0 bridgehead atoms. The highest BCUT2D eigenvalue weighted by Gasteiger charge is 2.30. The Bertz CT molecular complexity index is 5640. The van der Waals surface area contributed by atoms with Crippen LogP contribution < -0.4 is 0 Å². The van der Waals surface area contributed by atoms with Crippen molar-refractivity contribution in [3.8, 4) is 66.8 Å². The smallest absolute Gasteiger partial charge is 0.0551 e. The van der Waals surface area contributed by atoms with E-state index in [9.17, 15) is 0 Å². The van der Waals surface area contributed by atoms with E-state index in [1.54, 1.807) is 0 Å². The molecule has 390 valence electrons. The van der Waals surface area contributed by atoms with Gasteiger partial charge in [-0.15, -0.1) is 0 Å². The van der Waals surface area contributed by atoms with Gasteiger partial charge in [-0.3, -0.25) is 0 Å². The first-order valence-corrected chi connectivity index (χ1v) is 28.9. The van der Waals surface area contributed by atoms with Gasteiger partial charge in [0, 0.05) is 142 Å². The van der Waals surface area contributed by atoms with E-state index in [4.69, 9.17) is 0 Å². The largest absolute Gasteiger partial charge is 0.354 e. The number of hydrogen-bond donors (Lipinski definition) is 6. The average molecular weight is 1070 g/mol. The van der Waals surface area contributed by atoms with E-state index >= 15 is 0 Å². The van der Waals surface area contributed by atoms with E-state index in [0.717, 1.165) is 144 Å². The van der Waals surface area contributed by atoms with Gasteiger partial charge in [0.05, 0.1) is 33.1 Å². The number of aromatic amines is 6. The maximum atomic E-state index is 4.13. The monoisotopic (exact) mass is 1070 g/mol. The van der Waals surface area contributed by atoms with E-state index in [1.165, 1.54) is 53.9 Å². The normalized spacial score (nSPS) is 12.3. The number of aromatic nitrogens is 6. The van der Waals surface area contributed by atoms with Crippen molar-refractivity contribution in [1.82, 2.24) is 29.9 Å². The number of fused-ring (bicyclic) bond motifs is 18. The first kappa shape index (κ1) is 45.4. The molecule has 0 atom stereocenters. The number of para-hydroxylation sites is 10. The van der Waals surface area contributed by atoms with E-state index in [2.05, 4.69) is 285 Å². The summed E-state index contributed by atoms with van der Waals surface area (Å²) in [5, 5.41) is 14.2. The molecule has 0 aliphatic rings. The summed E-state index contributed by atoms with van der Waals surface area (Å²) in [5.74, 6) is 0. The van der Waals surface area contributed by atoms with Gasteiger partial charge in [-0.05, 0) is 70.8 Å². The number of benzene rings is 13. The second-order valence-corrected chi connectivity index (χ2v) is 22.7. The van der Waals surface area contributed by atoms with Gasteiger partial charge < -0.3 is 29.9 Å². The zero-order chi connectivity index (χ0) is 54.7. The van der Waals surface area contributed by atoms with Gasteiger partial charge in [0.15, 0.2) is 0 Å². The zero-order valence-electron chi connectivity index (χ0n) is 45.2. The van der Waals surface area contributed by atoms with Crippen LogP contribution in [0, 0.1) is 0 Å². The first-order valence-electron chi connectivity index (χ1n) is 28.9. The lowest BCUT2D eigenvalue weighted by atomic mass is 9.79. The summed E-state index contributed by atoms with van der Waals surface area (Å²) in [5.41, 5.74) is 26.7. The zero-order valence-corrected chi connectivity index (χ0v) is 45.2. The van der Waals surface area contributed by atoms with Gasteiger partial charge in [0.2, 0.25) is 0 Å². The predicted octanol–water partition coefficient (Wildman–Crippen LogP) is 21.5. The fourth-order valence-corrected chi connectivity index (χ4v) is 14.8. The van der Waals surface area contributed by atoms with Crippen LogP contribution in [0.3, 0.4) is 0 Å². The predicted molar refractivity (Wildman–Crippen MR) is 355 cm³/mol. The van der Waals surface area contributed by atoms with Crippen molar-refractivity contribution in [2.45, 2.75) is 0 Å². The molecular formula is C78H48N6. The molecule has 0 aliphatic carbocycles. The molecule has 0 amide bonds. The topological polar surface area (TPSA) is 94.7 Å². The molecule has 19 aromatic rings. The summed E-state index contributed by atoms with van der Waals surface area (Å²) in [7, 11) is 0. The Morgan fingerprint density at radius 2 is 0.369 bits per heavy atom. The maximum absolute atomic E-state index is 4.13. The van der Waals surface area contributed by atoms with Crippen LogP contribution in [0.5, 0.6) is 0 Å². The number of rotatable bonds is 6. The summed E-state index contributed by atoms with van der Waals surface area (Å²) in [6, 6.07) is 94.0. The van der Waals surface area contributed by atoms with Gasteiger partial charge in [0.25, 0.3) is 0 Å². The first-order chi connectivity index (χ1) is 41.7. The average Bonchev–Trinajstić information content (AvgIpc) is 2.90. The van der Waals surface area contributed by atoms with E-state index in [1.807, 2.05) is 0 Å². The molecule has 19 rings (SSSR count). The van der Waals surface area contributed by atoms with E-state index in [-0.39, 0.29) is 0 Å². The molecule has 13 aromatic carbocycles. The number of hydrogen-bond acceptors (Lipinski definition) is 0. The van der Waals surface area contributed by atoms with Crippen LogP contribution in [0.15, 0.2) is 255 Å². The molecule has 6 heterocycles. The summed E-state index contributed by atoms with van der Waals surface area (Å²) in [4.78, 5) is 24.2. The van der Waals surface area contributed by atoms with Crippen molar-refractivity contribution in [1.29, 1.82) is 0 Å². The molecule has 0 spiro atoms. The Balaban J connectivity index is 1.03. The second kappa shape index (κ2) is 17.1. The third kappa shape index (κ3) is 6.28. The fourth-order valence-electron chi connectivity index (χ4n) is 14.8. The number of H-pyrrole nitrogens is 6. The fraction of sp³-hybridized carbons (Fsp3) is 0. The lowest BCUT2D eigenvalue weighted by Gasteiger charge is -2.24. The molecule has 0 unspecified atom stereocenters. The minimum Gasteiger partial charge on any atom is -0.354 e. The molecule has 0 saturated heterocycles. The highest BCUT2D eigenvalue weighted by Crippen LogP contribution is 2.56. The van der Waals surface area contributed by atoms with Gasteiger partial charge in [0.1, 0.15) is 0 Å². The minimum absolute atomic E-state index is 1.07. The molecule has 6 N–H and O–H groups in total. The molecule has 0 radical (unpaired) electrons. The standard InChI is InChI=1S/C78H48N6/c1-2-26-50(72-70(58-34-18-30-54-46-22-6-12-38-66(46)82-76(54)58)60(42-62-48-24-8-14-40-68(48)84-78(62)72)56-32-16-28-52-44-20-4-10-36-64(44)80-74(52)56)49(25-1)71-69(57-33-17-29-53-45-21-5-11-37-65(45)81-75(53)57)59(41-61-47-23-7-13-39-67(47)83-77(61)71)55-31-15-27-51-43-19-3-9-35-63(43)79-73(51)55/h1-42,79-84H. The third-order valence-corrected chi connectivity index (χ3v) is 18.4. The van der Waals surface area contributed by atoms with Crippen molar-refractivity contribution in [2.24, 2.45) is 0 Å². The van der Waals surface area contributed by atoms with Crippen molar-refractivity contribution in [2.75, 3.05) is 0 Å².